The quantitative estimate of drug-likeness (QED) is 0.535. The Labute approximate surface area is 141 Å². The zero-order valence-corrected chi connectivity index (χ0v) is 14.5. The van der Waals surface area contributed by atoms with Crippen LogP contribution in [0.3, 0.4) is 0 Å². The van der Waals surface area contributed by atoms with Crippen molar-refractivity contribution in [3.05, 3.63) is 58.2 Å². The first-order valence-electron chi connectivity index (χ1n) is 5.93. The van der Waals surface area contributed by atoms with Gasteiger partial charge >= 0.3 is 0 Å². The van der Waals surface area contributed by atoms with Crippen LogP contribution in [0, 0.1) is 3.57 Å². The van der Waals surface area contributed by atoms with Gasteiger partial charge in [-0.2, -0.15) is 0 Å². The minimum atomic E-state index is -3.84. The van der Waals surface area contributed by atoms with Crippen molar-refractivity contribution in [2.75, 3.05) is 10.8 Å². The molecular formula is C14H11ClINO3S. The largest absolute Gasteiger partial charge is 0.279 e. The van der Waals surface area contributed by atoms with E-state index in [1.165, 1.54) is 12.1 Å². The van der Waals surface area contributed by atoms with Gasteiger partial charge in [0.25, 0.3) is 10.0 Å². The Bertz CT molecular complexity index is 750. The molecule has 0 bridgehead atoms. The first kappa shape index (κ1) is 16.3. The Morgan fingerprint density at radius 1 is 1.10 bits per heavy atom. The van der Waals surface area contributed by atoms with Crippen molar-refractivity contribution in [3.63, 3.8) is 0 Å². The number of sulfonamides is 1. The lowest BCUT2D eigenvalue weighted by Crippen LogP contribution is -2.34. The normalized spacial score (nSPS) is 11.1. The fourth-order valence-corrected chi connectivity index (χ4v) is 3.93. The van der Waals surface area contributed by atoms with Crippen molar-refractivity contribution < 1.29 is 13.2 Å². The van der Waals surface area contributed by atoms with Crippen molar-refractivity contribution in [1.82, 2.24) is 0 Å². The molecule has 21 heavy (non-hydrogen) atoms. The molecule has 0 radical (unpaired) electrons. The Balaban J connectivity index is 2.53. The maximum absolute atomic E-state index is 12.7. The topological polar surface area (TPSA) is 54.5 Å². The highest BCUT2D eigenvalue weighted by Crippen LogP contribution is 2.25. The molecule has 0 unspecified atom stereocenters. The molecule has 7 heteroatoms. The van der Waals surface area contributed by atoms with Crippen LogP contribution in [0.25, 0.3) is 0 Å². The molecule has 0 amide bonds. The van der Waals surface area contributed by atoms with E-state index in [9.17, 15) is 13.2 Å². The summed E-state index contributed by atoms with van der Waals surface area (Å²) < 4.78 is 27.3. The molecule has 0 aliphatic heterocycles. The van der Waals surface area contributed by atoms with Gasteiger partial charge in [0, 0.05) is 3.57 Å². The third-order valence-corrected chi connectivity index (χ3v) is 5.27. The van der Waals surface area contributed by atoms with Gasteiger partial charge in [-0.15, -0.1) is 0 Å². The standard InChI is InChI=1S/C14H11ClINO3S/c15-14(18)10-17(12-6-4-5-11(16)9-12)21(19,20)13-7-2-1-3-8-13/h1-9H,10H2. The van der Waals surface area contributed by atoms with Crippen molar-refractivity contribution in [1.29, 1.82) is 0 Å². The monoisotopic (exact) mass is 435 g/mol. The van der Waals surface area contributed by atoms with Gasteiger partial charge in [0.1, 0.15) is 6.54 Å². The molecule has 0 heterocycles. The lowest BCUT2D eigenvalue weighted by molar-refractivity contribution is -0.110. The zero-order valence-electron chi connectivity index (χ0n) is 10.7. The van der Waals surface area contributed by atoms with Crippen molar-refractivity contribution in [3.8, 4) is 0 Å². The summed E-state index contributed by atoms with van der Waals surface area (Å²) in [6.45, 7) is -0.418. The molecule has 0 aliphatic rings. The van der Waals surface area contributed by atoms with Crippen LogP contribution in [0.15, 0.2) is 59.5 Å². The lowest BCUT2D eigenvalue weighted by atomic mass is 10.3. The van der Waals surface area contributed by atoms with Crippen molar-refractivity contribution >= 4 is 55.1 Å². The average molecular weight is 436 g/mol. The Morgan fingerprint density at radius 2 is 1.76 bits per heavy atom. The molecule has 0 atom stereocenters. The summed E-state index contributed by atoms with van der Waals surface area (Å²) in [4.78, 5) is 11.4. The van der Waals surface area contributed by atoms with Gasteiger partial charge in [-0.05, 0) is 64.5 Å². The molecule has 0 saturated carbocycles. The highest BCUT2D eigenvalue weighted by molar-refractivity contribution is 14.1. The van der Waals surface area contributed by atoms with E-state index in [4.69, 9.17) is 11.6 Å². The zero-order chi connectivity index (χ0) is 15.5. The molecule has 0 fully saturated rings. The summed E-state index contributed by atoms with van der Waals surface area (Å²) in [6, 6.07) is 14.8. The molecule has 2 aromatic carbocycles. The molecule has 2 rings (SSSR count). The van der Waals surface area contributed by atoms with E-state index < -0.39 is 21.8 Å². The van der Waals surface area contributed by atoms with Gasteiger partial charge in [0.2, 0.25) is 5.24 Å². The van der Waals surface area contributed by atoms with E-state index in [1.807, 2.05) is 6.07 Å². The number of benzene rings is 2. The fourth-order valence-electron chi connectivity index (χ4n) is 1.78. The first-order valence-corrected chi connectivity index (χ1v) is 8.82. The molecule has 4 nitrogen and oxygen atoms in total. The average Bonchev–Trinajstić information content (AvgIpc) is 2.45. The van der Waals surface area contributed by atoms with Crippen LogP contribution in [0.2, 0.25) is 0 Å². The lowest BCUT2D eigenvalue weighted by Gasteiger charge is -2.23. The number of halogens is 2. The van der Waals surface area contributed by atoms with E-state index in [0.29, 0.717) is 5.69 Å². The van der Waals surface area contributed by atoms with Crippen molar-refractivity contribution in [2.45, 2.75) is 4.90 Å². The van der Waals surface area contributed by atoms with E-state index in [-0.39, 0.29) is 4.90 Å². The predicted molar refractivity (Wildman–Crippen MR) is 91.0 cm³/mol. The molecule has 0 spiro atoms. The summed E-state index contributed by atoms with van der Waals surface area (Å²) in [5.41, 5.74) is 0.403. The van der Waals surface area contributed by atoms with Crippen LogP contribution in [0.4, 0.5) is 5.69 Å². The number of nitrogens with zero attached hydrogens (tertiary/aromatic N) is 1. The highest BCUT2D eigenvalue weighted by Gasteiger charge is 2.26. The van der Waals surface area contributed by atoms with Crippen LogP contribution in [-0.2, 0) is 14.8 Å². The second kappa shape index (κ2) is 6.76. The number of anilines is 1. The van der Waals surface area contributed by atoms with Gasteiger partial charge in [0.15, 0.2) is 0 Å². The van der Waals surface area contributed by atoms with Crippen LogP contribution >= 0.6 is 34.2 Å². The van der Waals surface area contributed by atoms with E-state index >= 15 is 0 Å². The van der Waals surface area contributed by atoms with E-state index in [1.54, 1.807) is 36.4 Å². The molecule has 0 aliphatic carbocycles. The summed E-state index contributed by atoms with van der Waals surface area (Å²) in [6.07, 6.45) is 0. The molecule has 0 saturated heterocycles. The van der Waals surface area contributed by atoms with Crippen LogP contribution < -0.4 is 4.31 Å². The summed E-state index contributed by atoms with van der Waals surface area (Å²) in [5.74, 6) is 0. The first-order chi connectivity index (χ1) is 9.91. The minimum absolute atomic E-state index is 0.113. The Kier molecular flexibility index (Phi) is 5.23. The molecule has 0 aromatic heterocycles. The SMILES string of the molecule is O=C(Cl)CN(c1cccc(I)c1)S(=O)(=O)c1ccccc1. The third kappa shape index (κ3) is 3.96. The number of hydrogen-bond donors (Lipinski definition) is 0. The van der Waals surface area contributed by atoms with E-state index in [0.717, 1.165) is 7.88 Å². The molecular weight excluding hydrogens is 425 g/mol. The fraction of sp³-hybridized carbons (Fsp3) is 0.0714. The van der Waals surface area contributed by atoms with Gasteiger partial charge in [0.05, 0.1) is 10.6 Å². The van der Waals surface area contributed by atoms with Gasteiger partial charge in [-0.1, -0.05) is 24.3 Å². The Morgan fingerprint density at radius 3 is 2.33 bits per heavy atom. The third-order valence-electron chi connectivity index (χ3n) is 2.70. The van der Waals surface area contributed by atoms with Crippen LogP contribution in [0.1, 0.15) is 0 Å². The van der Waals surface area contributed by atoms with E-state index in [2.05, 4.69) is 22.6 Å². The Hall–Kier alpha value is -1.12. The summed E-state index contributed by atoms with van der Waals surface area (Å²) in [5, 5.41) is -0.742. The second-order valence-corrected chi connectivity index (χ2v) is 7.69. The number of hydrogen-bond acceptors (Lipinski definition) is 3. The maximum Gasteiger partial charge on any atom is 0.264 e. The van der Waals surface area contributed by atoms with Gasteiger partial charge < -0.3 is 0 Å². The van der Waals surface area contributed by atoms with Crippen LogP contribution in [0.5, 0.6) is 0 Å². The highest BCUT2D eigenvalue weighted by atomic mass is 127. The van der Waals surface area contributed by atoms with Crippen molar-refractivity contribution in [2.24, 2.45) is 0 Å². The smallest absolute Gasteiger partial charge is 0.264 e. The second-order valence-electron chi connectivity index (χ2n) is 4.16. The van der Waals surface area contributed by atoms with Gasteiger partial charge in [-0.25, -0.2) is 8.42 Å². The maximum atomic E-state index is 12.7. The predicted octanol–water partition coefficient (Wildman–Crippen LogP) is 3.25. The minimum Gasteiger partial charge on any atom is -0.279 e. The molecule has 110 valence electrons. The van der Waals surface area contributed by atoms with Crippen LogP contribution in [-0.4, -0.2) is 20.2 Å². The van der Waals surface area contributed by atoms with Gasteiger partial charge in [-0.3, -0.25) is 9.10 Å². The number of carbonyl (C=O) groups excluding carboxylic acids is 1. The number of rotatable bonds is 5. The summed E-state index contributed by atoms with van der Waals surface area (Å²) in [7, 11) is -3.84. The summed E-state index contributed by atoms with van der Waals surface area (Å²) >= 11 is 7.48. The molecule has 2 aromatic rings. The molecule has 0 N–H and O–H groups in total. The number of carbonyl (C=O) groups is 1.